The van der Waals surface area contributed by atoms with Crippen LogP contribution in [0.1, 0.15) is 37.5 Å². The molecule has 2 aromatic heterocycles. The van der Waals surface area contributed by atoms with E-state index in [2.05, 4.69) is 36.2 Å². The lowest BCUT2D eigenvalue weighted by Crippen LogP contribution is -2.12. The van der Waals surface area contributed by atoms with Gasteiger partial charge in [0.05, 0.1) is 27.9 Å². The smallest absolute Gasteiger partial charge is 0.307 e. The van der Waals surface area contributed by atoms with Gasteiger partial charge in [0, 0.05) is 47.2 Å². The number of pyridine rings is 1. The summed E-state index contributed by atoms with van der Waals surface area (Å²) in [6, 6.07) is 20.0. The van der Waals surface area contributed by atoms with E-state index >= 15 is 0 Å². The maximum atomic E-state index is 11.8. The summed E-state index contributed by atoms with van der Waals surface area (Å²) in [5, 5.41) is 19.7. The average Bonchev–Trinajstić information content (AvgIpc) is 3.52. The quantitative estimate of drug-likeness (QED) is 0.212. The van der Waals surface area contributed by atoms with Gasteiger partial charge >= 0.3 is 5.97 Å². The second-order valence-electron chi connectivity index (χ2n) is 11.6. The minimum Gasteiger partial charge on any atom is -0.481 e. The van der Waals surface area contributed by atoms with E-state index in [1.54, 1.807) is 32.1 Å². The van der Waals surface area contributed by atoms with Crippen molar-refractivity contribution in [3.63, 3.8) is 0 Å². The fourth-order valence-corrected chi connectivity index (χ4v) is 6.47. The highest BCUT2D eigenvalue weighted by molar-refractivity contribution is 7.22. The van der Waals surface area contributed by atoms with E-state index in [1.165, 1.54) is 11.3 Å². The Morgan fingerprint density at radius 3 is 2.48 bits per heavy atom. The summed E-state index contributed by atoms with van der Waals surface area (Å²) in [7, 11) is 2.12. The van der Waals surface area contributed by atoms with Crippen LogP contribution < -0.4 is 4.90 Å². The highest BCUT2D eigenvalue weighted by Crippen LogP contribution is 2.42. The number of fused-ring (bicyclic) bond motifs is 2. The average molecular weight is 600 g/mol. The van der Waals surface area contributed by atoms with E-state index in [-0.39, 0.29) is 6.42 Å². The standard InChI is InChI=1S/C30H24ClN3O2S.C4H10O/c1-17-14-25-29(28(23(17)16-27(35)36)18-6-8-20(31)9-7-18)37-30(33-25)19-10-12-32-24(15-19)21-4-3-5-26-22(21)11-13-34(26)2;1-4(2,3)5/h3-10,12,14-15H,11,13,16H2,1-2H3,(H,35,36);5H,1-3H3. The molecule has 0 atom stereocenters. The molecule has 0 fully saturated rings. The summed E-state index contributed by atoms with van der Waals surface area (Å²) in [6.07, 6.45) is 2.79. The van der Waals surface area contributed by atoms with Gasteiger partial charge < -0.3 is 15.1 Å². The number of carbonyl (C=O) groups is 1. The van der Waals surface area contributed by atoms with Crippen molar-refractivity contribution < 1.29 is 15.0 Å². The molecule has 0 saturated carbocycles. The van der Waals surface area contributed by atoms with Crippen molar-refractivity contribution in [2.24, 2.45) is 0 Å². The number of aliphatic hydroxyl groups is 1. The zero-order valence-electron chi connectivity index (χ0n) is 24.4. The molecular formula is C34H34ClN3O3S. The first-order chi connectivity index (χ1) is 19.9. The third-order valence-corrected chi connectivity index (χ3v) is 8.40. The van der Waals surface area contributed by atoms with Gasteiger partial charge in [0.2, 0.25) is 0 Å². The molecule has 5 aromatic rings. The molecule has 2 N–H and O–H groups in total. The predicted octanol–water partition coefficient (Wildman–Crippen LogP) is 8.05. The van der Waals surface area contributed by atoms with Crippen LogP contribution in [0, 0.1) is 6.92 Å². The lowest BCUT2D eigenvalue weighted by Gasteiger charge is -2.13. The third-order valence-electron chi connectivity index (χ3n) is 7.01. The maximum absolute atomic E-state index is 11.8. The molecule has 3 aromatic carbocycles. The van der Waals surface area contributed by atoms with Crippen LogP contribution in [-0.4, -0.2) is 45.3 Å². The van der Waals surface area contributed by atoms with Crippen molar-refractivity contribution in [2.75, 3.05) is 18.5 Å². The first-order valence-electron chi connectivity index (χ1n) is 13.8. The molecule has 1 aliphatic heterocycles. The van der Waals surface area contributed by atoms with Gasteiger partial charge in [-0.25, -0.2) is 4.98 Å². The molecule has 0 aliphatic carbocycles. The second-order valence-corrected chi connectivity index (χ2v) is 13.0. The van der Waals surface area contributed by atoms with Crippen LogP contribution in [0.2, 0.25) is 5.02 Å². The number of carboxylic acid groups (broad SMARTS) is 1. The number of anilines is 1. The number of halogens is 1. The molecule has 216 valence electrons. The van der Waals surface area contributed by atoms with Gasteiger partial charge in [-0.3, -0.25) is 9.78 Å². The molecule has 0 unspecified atom stereocenters. The summed E-state index contributed by atoms with van der Waals surface area (Å²) in [5.74, 6) is -0.859. The molecule has 6 nitrogen and oxygen atoms in total. The number of carboxylic acids is 1. The maximum Gasteiger partial charge on any atom is 0.307 e. The molecule has 1 aliphatic rings. The molecule has 0 radical (unpaired) electrons. The number of thiazole rings is 1. The van der Waals surface area contributed by atoms with Gasteiger partial charge in [0.15, 0.2) is 0 Å². The second kappa shape index (κ2) is 11.8. The van der Waals surface area contributed by atoms with Gasteiger partial charge in [0.25, 0.3) is 0 Å². The summed E-state index contributed by atoms with van der Waals surface area (Å²) < 4.78 is 0.972. The van der Waals surface area contributed by atoms with Crippen LogP contribution in [0.25, 0.3) is 43.2 Å². The van der Waals surface area contributed by atoms with Gasteiger partial charge in [-0.15, -0.1) is 11.3 Å². The summed E-state index contributed by atoms with van der Waals surface area (Å²) in [5.41, 5.74) is 9.60. The summed E-state index contributed by atoms with van der Waals surface area (Å²) >= 11 is 7.74. The highest BCUT2D eigenvalue weighted by atomic mass is 35.5. The number of aliphatic carboxylic acids is 1. The van der Waals surface area contributed by atoms with E-state index in [1.807, 2.05) is 49.5 Å². The molecule has 0 bridgehead atoms. The largest absolute Gasteiger partial charge is 0.481 e. The predicted molar refractivity (Wildman–Crippen MR) is 174 cm³/mol. The third kappa shape index (κ3) is 6.49. The molecule has 3 heterocycles. The van der Waals surface area contributed by atoms with Crippen molar-refractivity contribution in [1.29, 1.82) is 0 Å². The van der Waals surface area contributed by atoms with Crippen molar-refractivity contribution >= 4 is 44.8 Å². The van der Waals surface area contributed by atoms with E-state index < -0.39 is 11.6 Å². The molecule has 0 amide bonds. The molecule has 8 heteroatoms. The molecule has 42 heavy (non-hydrogen) atoms. The van der Waals surface area contributed by atoms with Crippen molar-refractivity contribution in [3.05, 3.63) is 88.6 Å². The molecule has 0 spiro atoms. The van der Waals surface area contributed by atoms with E-state index in [0.717, 1.165) is 67.3 Å². The Morgan fingerprint density at radius 2 is 1.79 bits per heavy atom. The van der Waals surface area contributed by atoms with Gasteiger partial charge in [-0.2, -0.15) is 0 Å². The Kier molecular flexibility index (Phi) is 8.37. The van der Waals surface area contributed by atoms with Crippen LogP contribution in [0.3, 0.4) is 0 Å². The minimum absolute atomic E-state index is 0.0556. The van der Waals surface area contributed by atoms with Gasteiger partial charge in [-0.1, -0.05) is 35.9 Å². The number of likely N-dealkylation sites (N-methyl/N-ethyl adjacent to an activating group) is 1. The van der Waals surface area contributed by atoms with E-state index in [4.69, 9.17) is 26.7 Å². The van der Waals surface area contributed by atoms with Crippen molar-refractivity contribution in [2.45, 2.75) is 46.1 Å². The number of hydrogen-bond donors (Lipinski definition) is 2. The fourth-order valence-electron chi connectivity index (χ4n) is 5.21. The van der Waals surface area contributed by atoms with E-state index in [0.29, 0.717) is 5.02 Å². The molecule has 6 rings (SSSR count). The highest BCUT2D eigenvalue weighted by Gasteiger charge is 2.22. The first-order valence-corrected chi connectivity index (χ1v) is 15.0. The van der Waals surface area contributed by atoms with Crippen LogP contribution >= 0.6 is 22.9 Å². The Bertz CT molecular complexity index is 1770. The Hall–Kier alpha value is -3.78. The first kappa shape index (κ1) is 29.7. The van der Waals surface area contributed by atoms with Crippen molar-refractivity contribution in [3.8, 4) is 33.0 Å². The number of aromatic nitrogens is 2. The number of nitrogens with zero attached hydrogens (tertiary/aromatic N) is 3. The normalized spacial score (nSPS) is 12.7. The number of rotatable bonds is 5. The van der Waals surface area contributed by atoms with E-state index in [9.17, 15) is 9.90 Å². The Morgan fingerprint density at radius 1 is 1.07 bits per heavy atom. The fraction of sp³-hybridized carbons (Fsp3) is 0.265. The van der Waals surface area contributed by atoms with Crippen molar-refractivity contribution in [1.82, 2.24) is 9.97 Å². The molecule has 0 saturated heterocycles. The Labute approximate surface area is 255 Å². The number of benzene rings is 3. The van der Waals surface area contributed by atoms with Crippen LogP contribution in [0.15, 0.2) is 66.9 Å². The Balaban J connectivity index is 0.000000652. The van der Waals surface area contributed by atoms with Gasteiger partial charge in [-0.05, 0) is 92.8 Å². The number of hydrogen-bond acceptors (Lipinski definition) is 6. The zero-order chi connectivity index (χ0) is 30.2. The number of aryl methyl sites for hydroxylation is 1. The lowest BCUT2D eigenvalue weighted by atomic mass is 9.93. The monoisotopic (exact) mass is 599 g/mol. The van der Waals surface area contributed by atoms with Crippen LogP contribution in [0.5, 0.6) is 0 Å². The van der Waals surface area contributed by atoms with Crippen LogP contribution in [-0.2, 0) is 17.6 Å². The SMILES string of the molecule is CC(C)(C)O.Cc1cc2nc(-c3ccnc(-c4cccc5c4CCN5C)c3)sc2c(-c2ccc(Cl)cc2)c1CC(=O)O. The lowest BCUT2D eigenvalue weighted by molar-refractivity contribution is -0.136. The summed E-state index contributed by atoms with van der Waals surface area (Å²) in [4.78, 5) is 23.7. The van der Waals surface area contributed by atoms with Crippen LogP contribution in [0.4, 0.5) is 5.69 Å². The topological polar surface area (TPSA) is 86.6 Å². The summed E-state index contributed by atoms with van der Waals surface area (Å²) in [6.45, 7) is 8.19. The van der Waals surface area contributed by atoms with Gasteiger partial charge in [0.1, 0.15) is 5.01 Å². The zero-order valence-corrected chi connectivity index (χ0v) is 26.0. The minimum atomic E-state index is -0.859. The molecular weight excluding hydrogens is 566 g/mol.